The second kappa shape index (κ2) is 10.1. The van der Waals surface area contributed by atoms with Crippen molar-refractivity contribution in [2.75, 3.05) is 12.4 Å². The van der Waals surface area contributed by atoms with Crippen molar-refractivity contribution >= 4 is 22.9 Å². The molecule has 3 aromatic heterocycles. The molecule has 3 aliphatic carbocycles. The highest BCUT2D eigenvalue weighted by Crippen LogP contribution is 2.58. The second-order valence-corrected chi connectivity index (χ2v) is 11.1. The average Bonchev–Trinajstić information content (AvgIpc) is 3.91. The molecule has 3 heterocycles. The number of fused-ring (bicyclic) bond motifs is 2. The minimum absolute atomic E-state index is 0.0422. The summed E-state index contributed by atoms with van der Waals surface area (Å²) in [6.45, 7) is 0. The van der Waals surface area contributed by atoms with Crippen LogP contribution in [0.2, 0.25) is 0 Å². The van der Waals surface area contributed by atoms with Crippen molar-refractivity contribution in [2.45, 2.75) is 43.1 Å². The third-order valence-corrected chi connectivity index (χ3v) is 8.60. The molecule has 0 spiro atoms. The third-order valence-electron chi connectivity index (χ3n) is 8.60. The molecule has 42 heavy (non-hydrogen) atoms. The SMILES string of the molecule is CNC(=O)[C@@H]1C2CC2[C@@H](n2cnc3c(N[C@@H]4CC4c4ccc(F)c(F)c4)nc(C#Cc4ccccn4)nc32)[C@H](O)[C@@H]1O. The topological polar surface area (TPSA) is 138 Å². The maximum absolute atomic E-state index is 13.9. The van der Waals surface area contributed by atoms with Gasteiger partial charge in [0, 0.05) is 25.2 Å². The summed E-state index contributed by atoms with van der Waals surface area (Å²) in [6.07, 6.45) is 2.10. The number of halogens is 2. The van der Waals surface area contributed by atoms with Crippen LogP contribution < -0.4 is 10.6 Å². The molecule has 1 aromatic carbocycles. The Morgan fingerprint density at radius 2 is 1.88 bits per heavy atom. The van der Waals surface area contributed by atoms with Crippen LogP contribution in [0.25, 0.3) is 11.2 Å². The molecule has 0 radical (unpaired) electrons. The summed E-state index contributed by atoms with van der Waals surface area (Å²) in [5, 5.41) is 28.1. The van der Waals surface area contributed by atoms with E-state index in [-0.39, 0.29) is 35.5 Å². The predicted octanol–water partition coefficient (Wildman–Crippen LogP) is 2.14. The van der Waals surface area contributed by atoms with Crippen LogP contribution in [0.5, 0.6) is 0 Å². The lowest BCUT2D eigenvalue weighted by molar-refractivity contribution is -0.139. The van der Waals surface area contributed by atoms with Gasteiger partial charge in [0.2, 0.25) is 11.7 Å². The van der Waals surface area contributed by atoms with Gasteiger partial charge in [-0.25, -0.2) is 28.7 Å². The van der Waals surface area contributed by atoms with Gasteiger partial charge in [-0.2, -0.15) is 0 Å². The van der Waals surface area contributed by atoms with E-state index in [4.69, 9.17) is 0 Å². The van der Waals surface area contributed by atoms with E-state index in [1.807, 2.05) is 6.07 Å². The summed E-state index contributed by atoms with van der Waals surface area (Å²) in [5.74, 6) is 3.63. The molecule has 0 aliphatic heterocycles. The number of hydrogen-bond donors (Lipinski definition) is 4. The lowest BCUT2D eigenvalue weighted by Crippen LogP contribution is -2.50. The van der Waals surface area contributed by atoms with E-state index >= 15 is 0 Å². The molecule has 4 aromatic rings. The Kier molecular flexibility index (Phi) is 6.36. The lowest BCUT2D eigenvalue weighted by atomic mass is 9.80. The van der Waals surface area contributed by atoms with Crippen LogP contribution in [0.3, 0.4) is 0 Å². The fourth-order valence-corrected chi connectivity index (χ4v) is 6.34. The normalized spacial score (nSPS) is 29.3. The van der Waals surface area contributed by atoms with Crippen molar-refractivity contribution in [2.24, 2.45) is 17.8 Å². The Morgan fingerprint density at radius 3 is 2.64 bits per heavy atom. The number of nitrogens with zero attached hydrogens (tertiary/aromatic N) is 5. The number of carbonyl (C=O) groups is 1. The molecule has 0 bridgehead atoms. The Morgan fingerprint density at radius 1 is 1.02 bits per heavy atom. The first-order valence-electron chi connectivity index (χ1n) is 13.8. The lowest BCUT2D eigenvalue weighted by Gasteiger charge is -2.36. The quantitative estimate of drug-likeness (QED) is 0.268. The van der Waals surface area contributed by atoms with Crippen LogP contribution in [-0.4, -0.2) is 65.9 Å². The maximum Gasteiger partial charge on any atom is 0.225 e. The van der Waals surface area contributed by atoms with Crippen LogP contribution in [0.1, 0.15) is 41.9 Å². The zero-order chi connectivity index (χ0) is 29.1. The van der Waals surface area contributed by atoms with Gasteiger partial charge in [-0.1, -0.05) is 12.1 Å². The first-order chi connectivity index (χ1) is 20.3. The van der Waals surface area contributed by atoms with E-state index in [1.165, 1.54) is 13.1 Å². The van der Waals surface area contributed by atoms with Gasteiger partial charge in [0.05, 0.1) is 24.4 Å². The van der Waals surface area contributed by atoms with Gasteiger partial charge >= 0.3 is 0 Å². The Bertz CT molecular complexity index is 1750. The molecule has 8 atom stereocenters. The molecule has 7 rings (SSSR count). The Balaban J connectivity index is 1.25. The van der Waals surface area contributed by atoms with Crippen molar-refractivity contribution in [1.82, 2.24) is 29.8 Å². The van der Waals surface area contributed by atoms with E-state index < -0.39 is 35.8 Å². The summed E-state index contributed by atoms with van der Waals surface area (Å²) in [6, 6.07) is 8.64. The maximum atomic E-state index is 13.9. The first kappa shape index (κ1) is 26.4. The standard InChI is InChI=1S/C30H27F2N7O3/c1-33-30(42)23-17-11-18(17)25(27(41)26(23)40)39-13-35-24-28(36-21-12-16(21)14-5-7-19(31)20(32)10-14)37-22(38-29(24)39)8-6-15-4-2-3-9-34-15/h2-5,7,9-10,13,16-18,21,23,25-27,40-41H,11-12H2,1H3,(H,33,42)(H,36,37,38)/t16?,17?,18?,21-,23-,25-,26-,27+/m1/s1. The highest BCUT2D eigenvalue weighted by molar-refractivity contribution is 5.84. The first-order valence-corrected chi connectivity index (χ1v) is 13.8. The number of carbonyl (C=O) groups excluding carboxylic acids is 1. The molecule has 214 valence electrons. The Hall–Kier alpha value is -4.47. The number of pyridine rings is 1. The summed E-state index contributed by atoms with van der Waals surface area (Å²) in [5.41, 5.74) is 2.09. The molecule has 12 heteroatoms. The van der Waals surface area contributed by atoms with Gasteiger partial charge in [0.1, 0.15) is 11.8 Å². The van der Waals surface area contributed by atoms with Crippen LogP contribution in [0, 0.1) is 41.2 Å². The number of imidazole rings is 1. The average molecular weight is 572 g/mol. The van der Waals surface area contributed by atoms with Gasteiger partial charge in [-0.15, -0.1) is 0 Å². The highest BCUT2D eigenvalue weighted by Gasteiger charge is 2.61. The van der Waals surface area contributed by atoms with E-state index in [9.17, 15) is 23.8 Å². The monoisotopic (exact) mass is 571 g/mol. The molecule has 3 fully saturated rings. The van der Waals surface area contributed by atoms with E-state index in [1.54, 1.807) is 35.3 Å². The molecular formula is C30H27F2N7O3. The zero-order valence-electron chi connectivity index (χ0n) is 22.4. The van der Waals surface area contributed by atoms with Gasteiger partial charge in [-0.3, -0.25) is 4.79 Å². The minimum Gasteiger partial charge on any atom is -0.390 e. The second-order valence-electron chi connectivity index (χ2n) is 11.1. The number of aromatic nitrogens is 5. The Labute approximate surface area is 239 Å². The van der Waals surface area contributed by atoms with Crippen molar-refractivity contribution in [3.8, 4) is 11.8 Å². The van der Waals surface area contributed by atoms with Crippen LogP contribution in [-0.2, 0) is 4.79 Å². The number of rotatable bonds is 5. The van der Waals surface area contributed by atoms with Crippen LogP contribution >= 0.6 is 0 Å². The van der Waals surface area contributed by atoms with Gasteiger partial charge in [0.15, 0.2) is 28.6 Å². The van der Waals surface area contributed by atoms with Gasteiger partial charge < -0.3 is 25.4 Å². The summed E-state index contributed by atoms with van der Waals surface area (Å²) >= 11 is 0. The molecular weight excluding hydrogens is 544 g/mol. The van der Waals surface area contributed by atoms with Gasteiger partial charge in [-0.05, 0) is 66.3 Å². The number of anilines is 1. The predicted molar refractivity (Wildman–Crippen MR) is 147 cm³/mol. The minimum atomic E-state index is -1.25. The fourth-order valence-electron chi connectivity index (χ4n) is 6.34. The van der Waals surface area contributed by atoms with Crippen molar-refractivity contribution in [3.05, 3.63) is 77.6 Å². The van der Waals surface area contributed by atoms with E-state index in [2.05, 4.69) is 42.4 Å². The molecule has 3 unspecified atom stereocenters. The highest BCUT2D eigenvalue weighted by atomic mass is 19.2. The van der Waals surface area contributed by atoms with Crippen LogP contribution in [0.15, 0.2) is 48.9 Å². The van der Waals surface area contributed by atoms with Crippen molar-refractivity contribution in [3.63, 3.8) is 0 Å². The molecule has 3 aliphatic rings. The number of aliphatic hydroxyl groups is 2. The molecule has 4 N–H and O–H groups in total. The number of amides is 1. The molecule has 3 saturated carbocycles. The smallest absolute Gasteiger partial charge is 0.225 e. The third kappa shape index (κ3) is 4.55. The van der Waals surface area contributed by atoms with Crippen molar-refractivity contribution in [1.29, 1.82) is 0 Å². The largest absolute Gasteiger partial charge is 0.390 e. The summed E-state index contributed by atoms with van der Waals surface area (Å²) in [4.78, 5) is 30.5. The summed E-state index contributed by atoms with van der Waals surface area (Å²) in [7, 11) is 1.52. The molecule has 0 saturated heterocycles. The van der Waals surface area contributed by atoms with Crippen molar-refractivity contribution < 1.29 is 23.8 Å². The number of hydrogen-bond acceptors (Lipinski definition) is 8. The molecule has 10 nitrogen and oxygen atoms in total. The van der Waals surface area contributed by atoms with E-state index in [0.29, 0.717) is 41.1 Å². The van der Waals surface area contributed by atoms with E-state index in [0.717, 1.165) is 6.07 Å². The number of nitrogens with one attached hydrogen (secondary N) is 2. The van der Waals surface area contributed by atoms with Crippen LogP contribution in [0.4, 0.5) is 14.6 Å². The summed E-state index contributed by atoms with van der Waals surface area (Å²) < 4.78 is 29.1. The number of aliphatic hydroxyl groups excluding tert-OH is 2. The number of benzene rings is 1. The zero-order valence-corrected chi connectivity index (χ0v) is 22.4. The van der Waals surface area contributed by atoms with Gasteiger partial charge in [0.25, 0.3) is 0 Å². The molecule has 1 amide bonds. The fraction of sp³-hybridized carbons (Fsp3) is 0.367.